The van der Waals surface area contributed by atoms with Crippen LogP contribution in [0, 0.1) is 5.92 Å². The molecule has 0 aromatic carbocycles. The van der Waals surface area contributed by atoms with Gasteiger partial charge in [0.15, 0.2) is 0 Å². The van der Waals surface area contributed by atoms with Crippen LogP contribution in [-0.4, -0.2) is 46.2 Å². The average molecular weight is 346 g/mol. The topological polar surface area (TPSA) is 95.1 Å². The first-order valence-electron chi connectivity index (χ1n) is 8.19. The Hall–Kier alpha value is -1.18. The fourth-order valence-electron chi connectivity index (χ4n) is 2.84. The van der Waals surface area contributed by atoms with E-state index in [9.17, 15) is 4.79 Å². The van der Waals surface area contributed by atoms with Crippen molar-refractivity contribution in [2.24, 2.45) is 11.7 Å². The van der Waals surface area contributed by atoms with E-state index in [1.165, 1.54) is 0 Å². The highest BCUT2D eigenvalue weighted by molar-refractivity contribution is 5.85. The van der Waals surface area contributed by atoms with E-state index < -0.39 is 0 Å². The van der Waals surface area contributed by atoms with Crippen LogP contribution in [0.2, 0.25) is 0 Å². The van der Waals surface area contributed by atoms with Gasteiger partial charge >= 0.3 is 0 Å². The number of aromatic nitrogens is 3. The number of carbonyl (C=O) groups is 1. The van der Waals surface area contributed by atoms with E-state index in [0.29, 0.717) is 13.0 Å². The first-order chi connectivity index (χ1) is 10.7. The number of nitrogens with one attached hydrogen (secondary N) is 1. The smallest absolute Gasteiger partial charge is 0.223 e. The highest BCUT2D eigenvalue weighted by atomic mass is 35.5. The number of rotatable bonds is 8. The van der Waals surface area contributed by atoms with Gasteiger partial charge in [0.2, 0.25) is 5.91 Å². The van der Waals surface area contributed by atoms with Crippen LogP contribution in [0.5, 0.6) is 0 Å². The zero-order valence-electron chi connectivity index (χ0n) is 13.7. The summed E-state index contributed by atoms with van der Waals surface area (Å²) in [6.07, 6.45) is 7.86. The van der Waals surface area contributed by atoms with Gasteiger partial charge in [-0.2, -0.15) is 0 Å². The molecule has 0 unspecified atom stereocenters. The van der Waals surface area contributed by atoms with Crippen molar-refractivity contribution < 1.29 is 9.53 Å². The molecule has 1 aliphatic carbocycles. The van der Waals surface area contributed by atoms with Crippen LogP contribution in [-0.2, 0) is 16.1 Å². The lowest BCUT2D eigenvalue weighted by Crippen LogP contribution is -2.46. The van der Waals surface area contributed by atoms with Gasteiger partial charge in [-0.3, -0.25) is 9.48 Å². The lowest BCUT2D eigenvalue weighted by molar-refractivity contribution is -0.127. The van der Waals surface area contributed by atoms with E-state index in [0.717, 1.165) is 38.8 Å². The molecule has 2 rings (SSSR count). The maximum atomic E-state index is 12.2. The first-order valence-corrected chi connectivity index (χ1v) is 8.19. The number of ether oxygens (including phenoxy) is 1. The predicted molar refractivity (Wildman–Crippen MR) is 90.2 cm³/mol. The standard InChI is InChI=1S/C15H27N5O2.ClH/c1-2-10-22-14-5-4-12(11-13(14)16)15(21)17-6-3-8-20-9-7-18-19-20;/h7,9,12-14H,2-6,8,10-11,16H2,1H3,(H,17,21);1H/t12-,13+,14+;/m0./s1. The minimum atomic E-state index is -0.0359. The Morgan fingerprint density at radius 3 is 2.96 bits per heavy atom. The van der Waals surface area contributed by atoms with Crippen molar-refractivity contribution in [1.29, 1.82) is 0 Å². The molecule has 132 valence electrons. The molecule has 0 saturated heterocycles. The molecule has 8 heteroatoms. The molecule has 1 saturated carbocycles. The summed E-state index contributed by atoms with van der Waals surface area (Å²) in [5.74, 6) is 0.130. The highest BCUT2D eigenvalue weighted by Crippen LogP contribution is 2.25. The van der Waals surface area contributed by atoms with Crippen molar-refractivity contribution in [1.82, 2.24) is 20.3 Å². The van der Waals surface area contributed by atoms with Gasteiger partial charge in [-0.15, -0.1) is 17.5 Å². The van der Waals surface area contributed by atoms with Crippen molar-refractivity contribution in [3.63, 3.8) is 0 Å². The second-order valence-electron chi connectivity index (χ2n) is 5.89. The predicted octanol–water partition coefficient (Wildman–Crippen LogP) is 1.13. The third-order valence-corrected chi connectivity index (χ3v) is 4.08. The minimum absolute atomic E-state index is 0. The number of amides is 1. The average Bonchev–Trinajstić information content (AvgIpc) is 3.03. The number of aryl methyl sites for hydroxylation is 1. The van der Waals surface area contributed by atoms with Crippen molar-refractivity contribution in [2.45, 2.75) is 57.7 Å². The Kier molecular flexibility index (Phi) is 9.13. The van der Waals surface area contributed by atoms with Gasteiger partial charge < -0.3 is 15.8 Å². The molecular formula is C15H28ClN5O2. The normalized spacial score (nSPS) is 24.0. The Morgan fingerprint density at radius 1 is 1.48 bits per heavy atom. The second kappa shape index (κ2) is 10.6. The third kappa shape index (κ3) is 6.45. The fraction of sp³-hybridized carbons (Fsp3) is 0.800. The Balaban J connectivity index is 0.00000264. The van der Waals surface area contributed by atoms with Gasteiger partial charge in [-0.1, -0.05) is 12.1 Å². The van der Waals surface area contributed by atoms with Gasteiger partial charge in [0.25, 0.3) is 0 Å². The summed E-state index contributed by atoms with van der Waals surface area (Å²) in [5.41, 5.74) is 6.14. The maximum Gasteiger partial charge on any atom is 0.223 e. The highest BCUT2D eigenvalue weighted by Gasteiger charge is 2.32. The van der Waals surface area contributed by atoms with E-state index in [1.807, 2.05) is 6.20 Å². The lowest BCUT2D eigenvalue weighted by Gasteiger charge is -2.33. The van der Waals surface area contributed by atoms with E-state index in [-0.39, 0.29) is 36.4 Å². The molecule has 1 heterocycles. The molecule has 3 atom stereocenters. The number of hydrogen-bond acceptors (Lipinski definition) is 5. The zero-order chi connectivity index (χ0) is 15.8. The summed E-state index contributed by atoms with van der Waals surface area (Å²) in [6.45, 7) is 4.25. The van der Waals surface area contributed by atoms with Crippen LogP contribution < -0.4 is 11.1 Å². The van der Waals surface area contributed by atoms with E-state index in [1.54, 1.807) is 10.9 Å². The minimum Gasteiger partial charge on any atom is -0.377 e. The SMILES string of the molecule is CCCO[C@@H]1CC[C@H](C(=O)NCCCn2ccnn2)C[C@H]1N.Cl. The van der Waals surface area contributed by atoms with Crippen molar-refractivity contribution in [3.05, 3.63) is 12.4 Å². The first kappa shape index (κ1) is 19.9. The van der Waals surface area contributed by atoms with E-state index >= 15 is 0 Å². The number of halogens is 1. The summed E-state index contributed by atoms with van der Waals surface area (Å²) in [6, 6.07) is -0.0359. The molecule has 0 bridgehead atoms. The molecular weight excluding hydrogens is 318 g/mol. The molecule has 1 fully saturated rings. The number of nitrogens with two attached hydrogens (primary N) is 1. The van der Waals surface area contributed by atoms with Gasteiger partial charge in [0, 0.05) is 37.9 Å². The van der Waals surface area contributed by atoms with Crippen LogP contribution in [0.3, 0.4) is 0 Å². The zero-order valence-corrected chi connectivity index (χ0v) is 14.5. The summed E-state index contributed by atoms with van der Waals surface area (Å²) in [7, 11) is 0. The molecule has 1 amide bonds. The van der Waals surface area contributed by atoms with Crippen molar-refractivity contribution >= 4 is 18.3 Å². The monoisotopic (exact) mass is 345 g/mol. The Morgan fingerprint density at radius 2 is 2.30 bits per heavy atom. The summed E-state index contributed by atoms with van der Waals surface area (Å²) < 4.78 is 7.50. The van der Waals surface area contributed by atoms with E-state index in [4.69, 9.17) is 10.5 Å². The fourth-order valence-corrected chi connectivity index (χ4v) is 2.84. The molecule has 1 aliphatic rings. The lowest BCUT2D eigenvalue weighted by atomic mass is 9.83. The Labute approximate surface area is 143 Å². The molecule has 7 nitrogen and oxygen atoms in total. The van der Waals surface area contributed by atoms with Crippen LogP contribution >= 0.6 is 12.4 Å². The molecule has 23 heavy (non-hydrogen) atoms. The summed E-state index contributed by atoms with van der Waals surface area (Å²) in [5, 5.41) is 10.6. The largest absolute Gasteiger partial charge is 0.377 e. The molecule has 0 radical (unpaired) electrons. The maximum absolute atomic E-state index is 12.2. The van der Waals surface area contributed by atoms with Gasteiger partial charge in [0.05, 0.1) is 12.3 Å². The molecule has 1 aromatic heterocycles. The molecule has 1 aromatic rings. The number of hydrogen-bond donors (Lipinski definition) is 2. The van der Waals surface area contributed by atoms with Crippen molar-refractivity contribution in [3.8, 4) is 0 Å². The Bertz CT molecular complexity index is 443. The van der Waals surface area contributed by atoms with Gasteiger partial charge in [-0.05, 0) is 32.1 Å². The van der Waals surface area contributed by atoms with Crippen LogP contribution in [0.1, 0.15) is 39.0 Å². The molecule has 0 spiro atoms. The van der Waals surface area contributed by atoms with Gasteiger partial charge in [-0.25, -0.2) is 0 Å². The number of carbonyl (C=O) groups excluding carboxylic acids is 1. The van der Waals surface area contributed by atoms with E-state index in [2.05, 4.69) is 22.6 Å². The summed E-state index contributed by atoms with van der Waals surface area (Å²) in [4.78, 5) is 12.2. The second-order valence-corrected chi connectivity index (χ2v) is 5.89. The molecule has 0 aliphatic heterocycles. The molecule has 3 N–H and O–H groups in total. The summed E-state index contributed by atoms with van der Waals surface area (Å²) >= 11 is 0. The number of nitrogens with zero attached hydrogens (tertiary/aromatic N) is 3. The quantitative estimate of drug-likeness (QED) is 0.689. The third-order valence-electron chi connectivity index (χ3n) is 4.08. The van der Waals surface area contributed by atoms with Crippen LogP contribution in [0.15, 0.2) is 12.4 Å². The van der Waals surface area contributed by atoms with Crippen molar-refractivity contribution in [2.75, 3.05) is 13.2 Å². The van der Waals surface area contributed by atoms with Gasteiger partial charge in [0.1, 0.15) is 0 Å². The van der Waals surface area contributed by atoms with Crippen LogP contribution in [0.25, 0.3) is 0 Å². The van der Waals surface area contributed by atoms with Crippen LogP contribution in [0.4, 0.5) is 0 Å².